The Morgan fingerprint density at radius 2 is 2.10 bits per heavy atom. The van der Waals surface area contributed by atoms with Crippen molar-refractivity contribution in [1.82, 2.24) is 10.3 Å². The fourth-order valence-corrected chi connectivity index (χ4v) is 3.23. The van der Waals surface area contributed by atoms with Crippen molar-refractivity contribution >= 4 is 0 Å². The number of hydrazine groups is 1. The molecule has 2 aliphatic rings. The van der Waals surface area contributed by atoms with Gasteiger partial charge in [-0.15, -0.1) is 0 Å². The van der Waals surface area contributed by atoms with Crippen LogP contribution in [0.15, 0.2) is 18.2 Å². The average Bonchev–Trinajstić information content (AvgIpc) is 2.90. The second kappa shape index (κ2) is 5.73. The molecule has 0 saturated carbocycles. The lowest BCUT2D eigenvalue weighted by Crippen LogP contribution is -2.52. The van der Waals surface area contributed by atoms with Crippen LogP contribution in [-0.4, -0.2) is 36.7 Å². The van der Waals surface area contributed by atoms with Crippen LogP contribution in [0.1, 0.15) is 24.4 Å². The summed E-state index contributed by atoms with van der Waals surface area (Å²) in [6.45, 7) is 2.26. The van der Waals surface area contributed by atoms with E-state index >= 15 is 0 Å². The highest BCUT2D eigenvalue weighted by molar-refractivity contribution is 5.24. The molecule has 0 aliphatic carbocycles. The van der Waals surface area contributed by atoms with Gasteiger partial charge in [0.1, 0.15) is 11.6 Å². The average molecular weight is 283 g/mol. The van der Waals surface area contributed by atoms with Crippen LogP contribution in [0.3, 0.4) is 0 Å². The Morgan fingerprint density at radius 1 is 1.35 bits per heavy atom. The summed E-state index contributed by atoms with van der Waals surface area (Å²) in [5.74, 6) is 4.33. The first kappa shape index (κ1) is 13.9. The topological polar surface area (TPSA) is 50.5 Å². The predicted octanol–water partition coefficient (Wildman–Crippen LogP) is 1.33. The molecule has 3 unspecified atom stereocenters. The molecule has 0 amide bonds. The molecule has 20 heavy (non-hydrogen) atoms. The molecule has 0 bridgehead atoms. The number of halogens is 2. The Balaban J connectivity index is 1.83. The molecular weight excluding hydrogens is 264 g/mol. The van der Waals surface area contributed by atoms with E-state index in [4.69, 9.17) is 10.6 Å². The second-order valence-corrected chi connectivity index (χ2v) is 5.44. The van der Waals surface area contributed by atoms with E-state index in [1.165, 1.54) is 18.2 Å². The van der Waals surface area contributed by atoms with Gasteiger partial charge in [0.05, 0.1) is 18.8 Å². The first-order chi connectivity index (χ1) is 9.70. The lowest BCUT2D eigenvalue weighted by atomic mass is 9.98. The Morgan fingerprint density at radius 3 is 2.80 bits per heavy atom. The normalized spacial score (nSPS) is 28.4. The molecule has 110 valence electrons. The molecule has 4 nitrogen and oxygen atoms in total. The summed E-state index contributed by atoms with van der Waals surface area (Å²) in [5, 5.41) is 0. The highest BCUT2D eigenvalue weighted by Crippen LogP contribution is 2.30. The lowest BCUT2D eigenvalue weighted by Gasteiger charge is -2.38. The summed E-state index contributed by atoms with van der Waals surface area (Å²) in [5.41, 5.74) is 2.47. The Hall–Kier alpha value is -1.08. The number of hydrogen-bond donors (Lipinski definition) is 2. The van der Waals surface area contributed by atoms with Gasteiger partial charge in [-0.3, -0.25) is 16.2 Å². The number of nitrogens with zero attached hydrogens (tertiary/aromatic N) is 1. The number of nitrogens with two attached hydrogens (primary N) is 1. The van der Waals surface area contributed by atoms with Crippen molar-refractivity contribution in [2.45, 2.75) is 31.0 Å². The minimum Gasteiger partial charge on any atom is -0.373 e. The van der Waals surface area contributed by atoms with E-state index in [1.807, 2.05) is 0 Å². The molecule has 2 aliphatic heterocycles. The summed E-state index contributed by atoms with van der Waals surface area (Å²) in [6.07, 6.45) is 1.93. The molecule has 3 atom stereocenters. The van der Waals surface area contributed by atoms with Crippen molar-refractivity contribution in [1.29, 1.82) is 0 Å². The summed E-state index contributed by atoms with van der Waals surface area (Å²) >= 11 is 0. The van der Waals surface area contributed by atoms with Gasteiger partial charge in [0, 0.05) is 18.2 Å². The van der Waals surface area contributed by atoms with Crippen LogP contribution in [-0.2, 0) is 4.74 Å². The third-order valence-electron chi connectivity index (χ3n) is 4.28. The van der Waals surface area contributed by atoms with Gasteiger partial charge in [0.2, 0.25) is 0 Å². The lowest BCUT2D eigenvalue weighted by molar-refractivity contribution is -0.0662. The van der Waals surface area contributed by atoms with Crippen LogP contribution < -0.4 is 11.3 Å². The zero-order valence-electron chi connectivity index (χ0n) is 11.2. The van der Waals surface area contributed by atoms with Crippen molar-refractivity contribution in [3.63, 3.8) is 0 Å². The van der Waals surface area contributed by atoms with Crippen LogP contribution in [0.2, 0.25) is 0 Å². The summed E-state index contributed by atoms with van der Waals surface area (Å²) in [4.78, 5) is 2.32. The van der Waals surface area contributed by atoms with Gasteiger partial charge in [0.15, 0.2) is 0 Å². The maximum Gasteiger partial charge on any atom is 0.131 e. The van der Waals surface area contributed by atoms with Crippen molar-refractivity contribution in [3.8, 4) is 0 Å². The molecule has 0 spiro atoms. The van der Waals surface area contributed by atoms with Crippen molar-refractivity contribution in [2.24, 2.45) is 5.84 Å². The maximum absolute atomic E-state index is 13.9. The zero-order chi connectivity index (χ0) is 14.1. The van der Waals surface area contributed by atoms with Gasteiger partial charge < -0.3 is 4.74 Å². The molecule has 0 radical (unpaired) electrons. The number of nitrogens with one attached hydrogen (secondary N) is 1. The minimum absolute atomic E-state index is 0.0438. The van der Waals surface area contributed by atoms with E-state index in [2.05, 4.69) is 10.3 Å². The number of morpholine rings is 1. The molecule has 6 heteroatoms. The monoisotopic (exact) mass is 283 g/mol. The molecule has 1 aromatic carbocycles. The summed E-state index contributed by atoms with van der Waals surface area (Å²) in [6, 6.07) is 3.59. The van der Waals surface area contributed by atoms with Gasteiger partial charge in [-0.2, -0.15) is 0 Å². The molecular formula is C14H19F2N3O. The van der Waals surface area contributed by atoms with Crippen molar-refractivity contribution in [2.75, 3.05) is 19.7 Å². The van der Waals surface area contributed by atoms with Gasteiger partial charge in [-0.25, -0.2) is 8.78 Å². The van der Waals surface area contributed by atoms with Crippen molar-refractivity contribution in [3.05, 3.63) is 35.4 Å². The van der Waals surface area contributed by atoms with Gasteiger partial charge in [0.25, 0.3) is 0 Å². The van der Waals surface area contributed by atoms with Crippen LogP contribution in [0.25, 0.3) is 0 Å². The van der Waals surface area contributed by atoms with Crippen LogP contribution in [0.4, 0.5) is 8.78 Å². The predicted molar refractivity (Wildman–Crippen MR) is 70.8 cm³/mol. The van der Waals surface area contributed by atoms with Crippen LogP contribution in [0, 0.1) is 11.6 Å². The number of hydrogen-bond acceptors (Lipinski definition) is 4. The number of ether oxygens (including phenoxy) is 1. The zero-order valence-corrected chi connectivity index (χ0v) is 11.2. The molecule has 1 aromatic rings. The smallest absolute Gasteiger partial charge is 0.131 e. The first-order valence-corrected chi connectivity index (χ1v) is 6.96. The van der Waals surface area contributed by atoms with E-state index in [9.17, 15) is 8.78 Å². The van der Waals surface area contributed by atoms with E-state index in [1.54, 1.807) is 0 Å². The largest absolute Gasteiger partial charge is 0.373 e. The molecule has 3 rings (SSSR count). The highest BCUT2D eigenvalue weighted by atomic mass is 19.1. The summed E-state index contributed by atoms with van der Waals surface area (Å²) < 4.78 is 33.6. The van der Waals surface area contributed by atoms with Crippen LogP contribution in [0.5, 0.6) is 0 Å². The summed E-state index contributed by atoms with van der Waals surface area (Å²) in [7, 11) is 0. The molecule has 2 saturated heterocycles. The molecule has 2 fully saturated rings. The second-order valence-electron chi connectivity index (χ2n) is 5.44. The SMILES string of the molecule is NNC(c1c(F)cccc1F)C1CN2CCCC2CO1. The van der Waals surface area contributed by atoms with Crippen LogP contribution >= 0.6 is 0 Å². The maximum atomic E-state index is 13.9. The number of fused-ring (bicyclic) bond motifs is 1. The van der Waals surface area contributed by atoms with Crippen molar-refractivity contribution < 1.29 is 13.5 Å². The minimum atomic E-state index is -0.683. The Bertz CT molecular complexity index is 465. The van der Waals surface area contributed by atoms with Gasteiger partial charge in [-0.05, 0) is 31.5 Å². The molecule has 2 heterocycles. The van der Waals surface area contributed by atoms with E-state index < -0.39 is 17.7 Å². The molecule has 3 N–H and O–H groups in total. The van der Waals surface area contributed by atoms with E-state index in [-0.39, 0.29) is 11.7 Å². The van der Waals surface area contributed by atoms with E-state index in [0.717, 1.165) is 19.4 Å². The standard InChI is InChI=1S/C14H19F2N3O/c15-10-4-1-5-11(16)13(10)14(18-17)12-7-19-6-2-3-9(19)8-20-12/h1,4-5,9,12,14,18H,2-3,6-8,17H2. The first-order valence-electron chi connectivity index (χ1n) is 6.96. The Kier molecular flexibility index (Phi) is 3.98. The third-order valence-corrected chi connectivity index (χ3v) is 4.28. The highest BCUT2D eigenvalue weighted by Gasteiger charge is 2.37. The number of benzene rings is 1. The quantitative estimate of drug-likeness (QED) is 0.649. The fraction of sp³-hybridized carbons (Fsp3) is 0.571. The molecule has 0 aromatic heterocycles. The van der Waals surface area contributed by atoms with E-state index in [0.29, 0.717) is 19.2 Å². The van der Waals surface area contributed by atoms with Gasteiger partial charge >= 0.3 is 0 Å². The third kappa shape index (κ3) is 2.44. The fourth-order valence-electron chi connectivity index (χ4n) is 3.23. The van der Waals surface area contributed by atoms with Gasteiger partial charge in [-0.1, -0.05) is 6.07 Å². The Labute approximate surface area is 116 Å². The number of rotatable bonds is 3.